The van der Waals surface area contributed by atoms with Gasteiger partial charge in [0.1, 0.15) is 9.71 Å². The first-order valence-corrected chi connectivity index (χ1v) is 5.45. The average molecular weight is 272 g/mol. The van der Waals surface area contributed by atoms with Crippen LogP contribution in [0.3, 0.4) is 0 Å². The molecule has 2 rings (SSSR count). The molecule has 2 aromatic heterocycles. The summed E-state index contributed by atoms with van der Waals surface area (Å²) in [5.41, 5.74) is 0. The maximum Gasteiger partial charge on any atom is 0.348 e. The first-order chi connectivity index (χ1) is 6.72. The van der Waals surface area contributed by atoms with Crippen LogP contribution in [0, 0.1) is 0 Å². The molecular weight excluding hydrogens is 266 g/mol. The van der Waals surface area contributed by atoms with Crippen molar-refractivity contribution < 1.29 is 9.53 Å². The lowest BCUT2D eigenvalue weighted by molar-refractivity contribution is 0.0606. The third-order valence-corrected chi connectivity index (χ3v) is 3.48. The third-order valence-electron chi connectivity index (χ3n) is 1.77. The minimum atomic E-state index is -0.320. The number of fused-ring (bicyclic) bond motifs is 1. The predicted molar refractivity (Wildman–Crippen MR) is 58.7 cm³/mol. The Balaban J connectivity index is 2.62. The Kier molecular flexibility index (Phi) is 2.52. The predicted octanol–water partition coefficient (Wildman–Crippen LogP) is 2.85. The molecule has 3 nitrogen and oxygen atoms in total. The normalized spacial score (nSPS) is 10.4. The Morgan fingerprint density at radius 2 is 2.43 bits per heavy atom. The molecule has 0 bridgehead atoms. The van der Waals surface area contributed by atoms with Gasteiger partial charge in [-0.2, -0.15) is 0 Å². The van der Waals surface area contributed by atoms with Crippen LogP contribution in [0.15, 0.2) is 22.8 Å². The van der Waals surface area contributed by atoms with Crippen LogP contribution in [-0.2, 0) is 4.74 Å². The molecule has 72 valence electrons. The number of aromatic nitrogens is 1. The Labute approximate surface area is 92.8 Å². The van der Waals surface area contributed by atoms with Crippen LogP contribution in [0.4, 0.5) is 0 Å². The van der Waals surface area contributed by atoms with Gasteiger partial charge in [0.2, 0.25) is 0 Å². The fraction of sp³-hybridized carbons (Fsp3) is 0.111. The van der Waals surface area contributed by atoms with Crippen molar-refractivity contribution in [2.24, 2.45) is 0 Å². The van der Waals surface area contributed by atoms with Crippen LogP contribution in [0.5, 0.6) is 0 Å². The van der Waals surface area contributed by atoms with Gasteiger partial charge in [-0.15, -0.1) is 11.3 Å². The highest BCUT2D eigenvalue weighted by molar-refractivity contribution is 9.10. The van der Waals surface area contributed by atoms with Crippen molar-refractivity contribution in [2.45, 2.75) is 0 Å². The van der Waals surface area contributed by atoms with Gasteiger partial charge >= 0.3 is 5.97 Å². The highest BCUT2D eigenvalue weighted by Gasteiger charge is 2.12. The van der Waals surface area contributed by atoms with E-state index in [2.05, 4.69) is 25.7 Å². The van der Waals surface area contributed by atoms with E-state index >= 15 is 0 Å². The van der Waals surface area contributed by atoms with Crippen LogP contribution in [0.1, 0.15) is 9.67 Å². The third kappa shape index (κ3) is 1.53. The van der Waals surface area contributed by atoms with Crippen LogP contribution >= 0.6 is 27.3 Å². The van der Waals surface area contributed by atoms with Crippen molar-refractivity contribution in [1.82, 2.24) is 4.98 Å². The number of halogens is 1. The molecule has 0 atom stereocenters. The zero-order chi connectivity index (χ0) is 10.1. The molecule has 2 heterocycles. The van der Waals surface area contributed by atoms with Gasteiger partial charge < -0.3 is 4.74 Å². The van der Waals surface area contributed by atoms with Crippen LogP contribution in [0.2, 0.25) is 0 Å². The number of esters is 1. The van der Waals surface area contributed by atoms with Gasteiger partial charge in [-0.05, 0) is 12.1 Å². The molecule has 0 saturated carbocycles. The average Bonchev–Trinajstić information content (AvgIpc) is 2.62. The fourth-order valence-corrected chi connectivity index (χ4v) is 2.61. The number of methoxy groups -OCH3 is 1. The Morgan fingerprint density at radius 1 is 1.64 bits per heavy atom. The largest absolute Gasteiger partial charge is 0.465 e. The Bertz CT molecular complexity index is 495. The van der Waals surface area contributed by atoms with E-state index in [0.717, 1.165) is 14.7 Å². The number of pyridine rings is 1. The lowest BCUT2D eigenvalue weighted by Crippen LogP contribution is -1.96. The zero-order valence-electron chi connectivity index (χ0n) is 7.28. The highest BCUT2D eigenvalue weighted by Crippen LogP contribution is 2.29. The molecule has 0 N–H and O–H groups in total. The number of nitrogens with zero attached hydrogens (tertiary/aromatic N) is 1. The van der Waals surface area contributed by atoms with E-state index < -0.39 is 0 Å². The topological polar surface area (TPSA) is 39.2 Å². The minimum Gasteiger partial charge on any atom is -0.465 e. The summed E-state index contributed by atoms with van der Waals surface area (Å²) in [6.45, 7) is 0. The summed E-state index contributed by atoms with van der Waals surface area (Å²) >= 11 is 4.72. The smallest absolute Gasteiger partial charge is 0.348 e. The molecule has 0 radical (unpaired) electrons. The van der Waals surface area contributed by atoms with Gasteiger partial charge in [0.15, 0.2) is 0 Å². The first-order valence-electron chi connectivity index (χ1n) is 3.84. The van der Waals surface area contributed by atoms with Gasteiger partial charge in [0.05, 0.1) is 7.11 Å². The zero-order valence-corrected chi connectivity index (χ0v) is 9.68. The molecule has 0 saturated heterocycles. The Morgan fingerprint density at radius 3 is 3.07 bits per heavy atom. The molecule has 14 heavy (non-hydrogen) atoms. The first kappa shape index (κ1) is 9.61. The molecule has 0 unspecified atom stereocenters. The molecule has 0 spiro atoms. The summed E-state index contributed by atoms with van der Waals surface area (Å²) in [7, 11) is 1.37. The second-order valence-corrected chi connectivity index (χ2v) is 4.50. The molecule has 5 heteroatoms. The van der Waals surface area contributed by atoms with Gasteiger partial charge in [-0.3, -0.25) is 0 Å². The number of carbonyl (C=O) groups excluding carboxylic acids is 1. The van der Waals surface area contributed by atoms with Gasteiger partial charge in [-0.1, -0.05) is 15.9 Å². The maximum absolute atomic E-state index is 11.2. The molecule has 0 amide bonds. The second kappa shape index (κ2) is 3.67. The van der Waals surface area contributed by atoms with Crippen molar-refractivity contribution in [1.29, 1.82) is 0 Å². The summed E-state index contributed by atoms with van der Waals surface area (Å²) < 4.78 is 5.57. The summed E-state index contributed by atoms with van der Waals surface area (Å²) in [5, 5.41) is 0.943. The van der Waals surface area contributed by atoms with E-state index in [4.69, 9.17) is 0 Å². The van der Waals surface area contributed by atoms with E-state index in [1.165, 1.54) is 18.4 Å². The van der Waals surface area contributed by atoms with Crippen molar-refractivity contribution in [3.05, 3.63) is 27.7 Å². The Hall–Kier alpha value is -0.940. The number of carbonyl (C=O) groups is 1. The van der Waals surface area contributed by atoms with Crippen molar-refractivity contribution in [3.8, 4) is 0 Å². The molecule has 0 aliphatic rings. The van der Waals surface area contributed by atoms with Gasteiger partial charge in [0.25, 0.3) is 0 Å². The monoisotopic (exact) mass is 271 g/mol. The van der Waals surface area contributed by atoms with E-state index in [0.29, 0.717) is 4.88 Å². The molecule has 0 aliphatic heterocycles. The SMILES string of the molecule is COC(=O)c1cc2c(Br)ccnc2s1. The number of hydrogen-bond donors (Lipinski definition) is 0. The van der Waals surface area contributed by atoms with Crippen molar-refractivity contribution >= 4 is 43.5 Å². The number of hydrogen-bond acceptors (Lipinski definition) is 4. The summed E-state index contributed by atoms with van der Waals surface area (Å²) in [6, 6.07) is 3.62. The van der Waals surface area contributed by atoms with Crippen molar-refractivity contribution in [2.75, 3.05) is 7.11 Å². The van der Waals surface area contributed by atoms with E-state index in [1.54, 1.807) is 12.3 Å². The van der Waals surface area contributed by atoms with Crippen LogP contribution in [-0.4, -0.2) is 18.1 Å². The lowest BCUT2D eigenvalue weighted by atomic mass is 10.3. The number of ether oxygens (including phenoxy) is 1. The maximum atomic E-state index is 11.2. The highest BCUT2D eigenvalue weighted by atomic mass is 79.9. The number of thiophene rings is 1. The summed E-state index contributed by atoms with van der Waals surface area (Å²) in [5.74, 6) is -0.320. The molecule has 0 aromatic carbocycles. The minimum absolute atomic E-state index is 0.320. The van der Waals surface area contributed by atoms with Crippen molar-refractivity contribution in [3.63, 3.8) is 0 Å². The molecule has 2 aromatic rings. The van der Waals surface area contributed by atoms with Crippen LogP contribution in [0.25, 0.3) is 10.2 Å². The molecule has 0 aliphatic carbocycles. The number of rotatable bonds is 1. The molecular formula is C9H6BrNO2S. The standard InChI is InChI=1S/C9H6BrNO2S/c1-13-9(12)7-4-5-6(10)2-3-11-8(5)14-7/h2-4H,1H3. The van der Waals surface area contributed by atoms with E-state index in [9.17, 15) is 4.79 Å². The van der Waals surface area contributed by atoms with Crippen LogP contribution < -0.4 is 0 Å². The van der Waals surface area contributed by atoms with E-state index in [1.807, 2.05) is 6.07 Å². The van der Waals surface area contributed by atoms with E-state index in [-0.39, 0.29) is 5.97 Å². The molecule has 0 fully saturated rings. The lowest BCUT2D eigenvalue weighted by Gasteiger charge is -1.90. The fourth-order valence-electron chi connectivity index (χ4n) is 1.11. The van der Waals surface area contributed by atoms with Gasteiger partial charge in [0, 0.05) is 16.1 Å². The summed E-state index contributed by atoms with van der Waals surface area (Å²) in [4.78, 5) is 16.8. The summed E-state index contributed by atoms with van der Waals surface area (Å²) in [6.07, 6.45) is 1.70. The quantitative estimate of drug-likeness (QED) is 0.749. The van der Waals surface area contributed by atoms with Gasteiger partial charge in [-0.25, -0.2) is 9.78 Å². The second-order valence-electron chi connectivity index (χ2n) is 2.61.